The van der Waals surface area contributed by atoms with E-state index in [1.807, 2.05) is 25.4 Å². The summed E-state index contributed by atoms with van der Waals surface area (Å²) in [6.07, 6.45) is 3.62. The molecule has 0 spiro atoms. The standard InChI is InChI=1S/C15H17FN2O/c1-18(12-13-3-2-8-17-11-13)9-10-19-15-6-4-14(16)5-7-15/h2-8,11H,9-10,12H2,1H3. The second-order valence-corrected chi connectivity index (χ2v) is 4.40. The van der Waals surface area contributed by atoms with Gasteiger partial charge < -0.3 is 4.74 Å². The van der Waals surface area contributed by atoms with E-state index in [0.717, 1.165) is 13.1 Å². The highest BCUT2D eigenvalue weighted by Gasteiger charge is 2.01. The highest BCUT2D eigenvalue weighted by molar-refractivity contribution is 5.22. The summed E-state index contributed by atoms with van der Waals surface area (Å²) in [5.41, 5.74) is 1.17. The Morgan fingerprint density at radius 1 is 1.21 bits per heavy atom. The van der Waals surface area contributed by atoms with Crippen molar-refractivity contribution in [1.82, 2.24) is 9.88 Å². The number of hydrogen-bond donors (Lipinski definition) is 0. The summed E-state index contributed by atoms with van der Waals surface area (Å²) in [6, 6.07) is 10.0. The van der Waals surface area contributed by atoms with Gasteiger partial charge in [0.15, 0.2) is 0 Å². The van der Waals surface area contributed by atoms with Gasteiger partial charge in [0.1, 0.15) is 18.2 Å². The van der Waals surface area contributed by atoms with E-state index >= 15 is 0 Å². The van der Waals surface area contributed by atoms with Crippen LogP contribution in [0.5, 0.6) is 5.75 Å². The smallest absolute Gasteiger partial charge is 0.123 e. The maximum Gasteiger partial charge on any atom is 0.123 e. The van der Waals surface area contributed by atoms with Gasteiger partial charge in [-0.1, -0.05) is 6.07 Å². The molecule has 0 unspecified atom stereocenters. The van der Waals surface area contributed by atoms with Gasteiger partial charge in [-0.15, -0.1) is 0 Å². The third-order valence-corrected chi connectivity index (χ3v) is 2.73. The van der Waals surface area contributed by atoms with Crippen molar-refractivity contribution in [1.29, 1.82) is 0 Å². The zero-order valence-corrected chi connectivity index (χ0v) is 10.9. The molecule has 2 rings (SSSR count). The summed E-state index contributed by atoms with van der Waals surface area (Å²) in [5.74, 6) is 0.442. The van der Waals surface area contributed by atoms with E-state index in [1.165, 1.54) is 17.7 Å². The normalized spacial score (nSPS) is 10.7. The van der Waals surface area contributed by atoms with Gasteiger partial charge in [-0.05, 0) is 42.9 Å². The van der Waals surface area contributed by atoms with Crippen molar-refractivity contribution in [3.05, 3.63) is 60.2 Å². The molecular weight excluding hydrogens is 243 g/mol. The number of aromatic nitrogens is 1. The molecule has 19 heavy (non-hydrogen) atoms. The fourth-order valence-corrected chi connectivity index (χ4v) is 1.73. The predicted molar refractivity (Wildman–Crippen MR) is 72.5 cm³/mol. The van der Waals surface area contributed by atoms with Crippen molar-refractivity contribution in [3.8, 4) is 5.75 Å². The van der Waals surface area contributed by atoms with Crippen LogP contribution in [0.25, 0.3) is 0 Å². The number of pyridine rings is 1. The van der Waals surface area contributed by atoms with E-state index in [9.17, 15) is 4.39 Å². The largest absolute Gasteiger partial charge is 0.492 e. The van der Waals surface area contributed by atoms with Crippen molar-refractivity contribution >= 4 is 0 Å². The molecule has 0 aliphatic heterocycles. The molecule has 0 aliphatic carbocycles. The van der Waals surface area contributed by atoms with E-state index in [0.29, 0.717) is 12.4 Å². The Bertz CT molecular complexity index is 487. The van der Waals surface area contributed by atoms with Crippen LogP contribution in [0.4, 0.5) is 4.39 Å². The number of nitrogens with zero attached hydrogens (tertiary/aromatic N) is 2. The fourth-order valence-electron chi connectivity index (χ4n) is 1.73. The van der Waals surface area contributed by atoms with Crippen molar-refractivity contribution in [2.24, 2.45) is 0 Å². The first-order chi connectivity index (χ1) is 9.24. The molecular formula is C15H17FN2O. The summed E-state index contributed by atoms with van der Waals surface area (Å²) >= 11 is 0. The van der Waals surface area contributed by atoms with E-state index < -0.39 is 0 Å². The van der Waals surface area contributed by atoms with Crippen LogP contribution in [0.3, 0.4) is 0 Å². The van der Waals surface area contributed by atoms with Crippen molar-refractivity contribution in [2.45, 2.75) is 6.54 Å². The summed E-state index contributed by atoms with van der Waals surface area (Å²) in [4.78, 5) is 6.23. The van der Waals surface area contributed by atoms with E-state index in [4.69, 9.17) is 4.74 Å². The lowest BCUT2D eigenvalue weighted by atomic mass is 10.3. The van der Waals surface area contributed by atoms with E-state index in [2.05, 4.69) is 9.88 Å². The van der Waals surface area contributed by atoms with E-state index in [-0.39, 0.29) is 5.82 Å². The molecule has 0 saturated heterocycles. The molecule has 0 bridgehead atoms. The summed E-state index contributed by atoms with van der Waals surface area (Å²) < 4.78 is 18.3. The molecule has 0 fully saturated rings. The zero-order valence-electron chi connectivity index (χ0n) is 10.9. The number of rotatable bonds is 6. The molecule has 0 radical (unpaired) electrons. The third kappa shape index (κ3) is 4.67. The van der Waals surface area contributed by atoms with Crippen LogP contribution in [0.15, 0.2) is 48.8 Å². The molecule has 0 atom stereocenters. The average Bonchev–Trinajstić information content (AvgIpc) is 2.42. The number of likely N-dealkylation sites (N-methyl/N-ethyl adjacent to an activating group) is 1. The Balaban J connectivity index is 1.72. The van der Waals surface area contributed by atoms with Crippen molar-refractivity contribution in [2.75, 3.05) is 20.2 Å². The number of hydrogen-bond acceptors (Lipinski definition) is 3. The van der Waals surface area contributed by atoms with Gasteiger partial charge in [0.05, 0.1) is 0 Å². The molecule has 3 nitrogen and oxygen atoms in total. The Morgan fingerprint density at radius 3 is 2.68 bits per heavy atom. The van der Waals surface area contributed by atoms with Crippen LogP contribution in [0, 0.1) is 5.82 Å². The van der Waals surface area contributed by atoms with Crippen LogP contribution in [0.1, 0.15) is 5.56 Å². The average molecular weight is 260 g/mol. The minimum absolute atomic E-state index is 0.249. The fraction of sp³-hybridized carbons (Fsp3) is 0.267. The van der Waals surface area contributed by atoms with Gasteiger partial charge in [0.25, 0.3) is 0 Å². The Labute approximate surface area is 112 Å². The highest BCUT2D eigenvalue weighted by atomic mass is 19.1. The minimum atomic E-state index is -0.249. The molecule has 4 heteroatoms. The van der Waals surface area contributed by atoms with Crippen molar-refractivity contribution < 1.29 is 9.13 Å². The molecule has 2 aromatic rings. The number of ether oxygens (including phenoxy) is 1. The monoisotopic (exact) mass is 260 g/mol. The summed E-state index contributed by atoms with van der Waals surface area (Å²) in [5, 5.41) is 0. The van der Waals surface area contributed by atoms with Gasteiger partial charge >= 0.3 is 0 Å². The third-order valence-electron chi connectivity index (χ3n) is 2.73. The topological polar surface area (TPSA) is 25.4 Å². The summed E-state index contributed by atoms with van der Waals surface area (Å²) in [7, 11) is 2.03. The zero-order chi connectivity index (χ0) is 13.5. The van der Waals surface area contributed by atoms with Crippen LogP contribution in [-0.4, -0.2) is 30.1 Å². The molecule has 1 heterocycles. The van der Waals surface area contributed by atoms with Crippen LogP contribution >= 0.6 is 0 Å². The first kappa shape index (κ1) is 13.5. The lowest BCUT2D eigenvalue weighted by Gasteiger charge is -2.16. The molecule has 0 amide bonds. The van der Waals surface area contributed by atoms with Crippen LogP contribution < -0.4 is 4.74 Å². The second-order valence-electron chi connectivity index (χ2n) is 4.40. The molecule has 1 aromatic heterocycles. The van der Waals surface area contributed by atoms with Gasteiger partial charge in [0.2, 0.25) is 0 Å². The minimum Gasteiger partial charge on any atom is -0.492 e. The lowest BCUT2D eigenvalue weighted by molar-refractivity contribution is 0.232. The van der Waals surface area contributed by atoms with Crippen molar-refractivity contribution in [3.63, 3.8) is 0 Å². The lowest BCUT2D eigenvalue weighted by Crippen LogP contribution is -2.23. The van der Waals surface area contributed by atoms with Gasteiger partial charge in [-0.2, -0.15) is 0 Å². The highest BCUT2D eigenvalue weighted by Crippen LogP contribution is 2.11. The quantitative estimate of drug-likeness (QED) is 0.798. The molecule has 0 N–H and O–H groups in total. The predicted octanol–water partition coefficient (Wildman–Crippen LogP) is 2.73. The molecule has 0 saturated carbocycles. The molecule has 100 valence electrons. The van der Waals surface area contributed by atoms with Gasteiger partial charge in [-0.25, -0.2) is 4.39 Å². The van der Waals surface area contributed by atoms with Gasteiger partial charge in [-0.3, -0.25) is 9.88 Å². The van der Waals surface area contributed by atoms with Gasteiger partial charge in [0, 0.05) is 25.5 Å². The van der Waals surface area contributed by atoms with Crippen LogP contribution in [-0.2, 0) is 6.54 Å². The maximum atomic E-state index is 12.7. The SMILES string of the molecule is CN(CCOc1ccc(F)cc1)Cc1cccnc1. The Morgan fingerprint density at radius 2 is 2.00 bits per heavy atom. The second kappa shape index (κ2) is 6.85. The maximum absolute atomic E-state index is 12.7. The first-order valence-corrected chi connectivity index (χ1v) is 6.20. The molecule has 0 aliphatic rings. The molecule has 1 aromatic carbocycles. The first-order valence-electron chi connectivity index (χ1n) is 6.20. The Hall–Kier alpha value is -1.94. The number of benzene rings is 1. The number of halogens is 1. The summed E-state index contributed by atoms with van der Waals surface area (Å²) in [6.45, 7) is 2.20. The Kier molecular flexibility index (Phi) is 4.86. The van der Waals surface area contributed by atoms with Crippen LogP contribution in [0.2, 0.25) is 0 Å². The van der Waals surface area contributed by atoms with E-state index in [1.54, 1.807) is 18.3 Å².